The van der Waals surface area contributed by atoms with Crippen LogP contribution < -0.4 is 10.1 Å². The molecule has 2 heterocycles. The van der Waals surface area contributed by atoms with Crippen LogP contribution in [0.15, 0.2) is 12.4 Å². The summed E-state index contributed by atoms with van der Waals surface area (Å²) in [6.07, 6.45) is 3.59. The van der Waals surface area contributed by atoms with Crippen molar-refractivity contribution in [2.45, 2.75) is 25.1 Å². The van der Waals surface area contributed by atoms with Crippen LogP contribution in [0.4, 0.5) is 0 Å². The number of hydrogen-bond acceptors (Lipinski definition) is 5. The fourth-order valence-electron chi connectivity index (χ4n) is 2.10. The number of nitrogens with one attached hydrogen (secondary N) is 1. The fourth-order valence-corrected chi connectivity index (χ4v) is 2.10. The molecule has 6 heteroatoms. The minimum Gasteiger partial charge on any atom is -0.483 e. The molecule has 0 radical (unpaired) electrons. The molecule has 1 N–H and O–H groups in total. The molecule has 1 saturated heterocycles. The van der Waals surface area contributed by atoms with Gasteiger partial charge in [0.05, 0.1) is 38.3 Å². The van der Waals surface area contributed by atoms with Gasteiger partial charge in [-0.25, -0.2) is 0 Å². The minimum absolute atomic E-state index is 0.0218. The number of methoxy groups -OCH3 is 1. The summed E-state index contributed by atoms with van der Waals surface area (Å²) in [5, 5.41) is 7.54. The second kappa shape index (κ2) is 6.17. The lowest BCUT2D eigenvalue weighted by molar-refractivity contribution is 0.133. The molecule has 0 spiro atoms. The molecule has 1 unspecified atom stereocenters. The van der Waals surface area contributed by atoms with E-state index in [1.807, 2.05) is 13.2 Å². The molecule has 1 aliphatic rings. The van der Waals surface area contributed by atoms with Crippen LogP contribution in [-0.4, -0.2) is 54.9 Å². The Bertz CT molecular complexity index is 369. The van der Waals surface area contributed by atoms with Crippen LogP contribution in [0.2, 0.25) is 0 Å². The normalized spacial score (nSPS) is 25.3. The van der Waals surface area contributed by atoms with Crippen molar-refractivity contribution in [1.82, 2.24) is 15.1 Å². The first-order valence-corrected chi connectivity index (χ1v) is 6.17. The van der Waals surface area contributed by atoms with Crippen molar-refractivity contribution in [2.75, 3.05) is 26.9 Å². The molecule has 18 heavy (non-hydrogen) atoms. The molecule has 0 amide bonds. The Morgan fingerprint density at radius 2 is 2.44 bits per heavy atom. The summed E-state index contributed by atoms with van der Waals surface area (Å²) in [4.78, 5) is 0. The molecule has 0 aromatic carbocycles. The average Bonchev–Trinajstić information content (AvgIpc) is 2.90. The van der Waals surface area contributed by atoms with E-state index in [0.717, 1.165) is 5.75 Å². The quantitative estimate of drug-likeness (QED) is 0.786. The topological polar surface area (TPSA) is 57.5 Å². The van der Waals surface area contributed by atoms with Crippen LogP contribution in [0.1, 0.15) is 6.92 Å². The van der Waals surface area contributed by atoms with Gasteiger partial charge in [-0.05, 0) is 6.92 Å². The van der Waals surface area contributed by atoms with Gasteiger partial charge in [0.15, 0.2) is 5.75 Å². The first kappa shape index (κ1) is 13.3. The first-order chi connectivity index (χ1) is 8.69. The summed E-state index contributed by atoms with van der Waals surface area (Å²) in [6, 6.07) is 0.469. The second-order valence-electron chi connectivity index (χ2n) is 4.67. The monoisotopic (exact) mass is 255 g/mol. The lowest BCUT2D eigenvalue weighted by atomic mass is 10.2. The zero-order valence-electron chi connectivity index (χ0n) is 11.1. The van der Waals surface area contributed by atoms with Crippen LogP contribution in [0.3, 0.4) is 0 Å². The molecule has 1 aliphatic heterocycles. The molecule has 1 aromatic heterocycles. The standard InChI is InChI=1S/C12H21N3O3/c1-9(6-16-3)14-11-7-17-8-12(11)18-10-4-13-15(2)5-10/h4-5,9,11-12,14H,6-8H2,1-3H3/t9?,11-,12+/m0/s1. The van der Waals surface area contributed by atoms with E-state index in [1.165, 1.54) is 0 Å². The lowest BCUT2D eigenvalue weighted by Crippen LogP contribution is -2.47. The van der Waals surface area contributed by atoms with Gasteiger partial charge in [0.1, 0.15) is 6.10 Å². The molecule has 0 aliphatic carbocycles. The SMILES string of the molecule is COCC(C)N[C@H]1COC[C@H]1Oc1cnn(C)c1. The number of nitrogens with zero attached hydrogens (tertiary/aromatic N) is 2. The molecule has 0 saturated carbocycles. The third-order valence-corrected chi connectivity index (χ3v) is 2.91. The Balaban J connectivity index is 1.87. The number of hydrogen-bond donors (Lipinski definition) is 1. The summed E-state index contributed by atoms with van der Waals surface area (Å²) in [5.41, 5.74) is 0. The maximum absolute atomic E-state index is 5.88. The van der Waals surface area contributed by atoms with E-state index in [9.17, 15) is 0 Å². The molecule has 0 bridgehead atoms. The van der Waals surface area contributed by atoms with Gasteiger partial charge in [-0.2, -0.15) is 5.10 Å². The fraction of sp³-hybridized carbons (Fsp3) is 0.750. The van der Waals surface area contributed by atoms with Gasteiger partial charge < -0.3 is 19.5 Å². The number of ether oxygens (including phenoxy) is 3. The van der Waals surface area contributed by atoms with Crippen LogP contribution in [-0.2, 0) is 16.5 Å². The number of aryl methyl sites for hydroxylation is 1. The summed E-state index contributed by atoms with van der Waals surface area (Å²) in [6.45, 7) is 4.03. The van der Waals surface area contributed by atoms with E-state index in [4.69, 9.17) is 14.2 Å². The average molecular weight is 255 g/mol. The molecular formula is C12H21N3O3. The maximum Gasteiger partial charge on any atom is 0.157 e. The van der Waals surface area contributed by atoms with Crippen LogP contribution in [0.25, 0.3) is 0 Å². The van der Waals surface area contributed by atoms with Crippen molar-refractivity contribution in [3.63, 3.8) is 0 Å². The van der Waals surface area contributed by atoms with Crippen LogP contribution >= 0.6 is 0 Å². The van der Waals surface area contributed by atoms with Crippen LogP contribution in [0.5, 0.6) is 5.75 Å². The van der Waals surface area contributed by atoms with Gasteiger partial charge in [0.25, 0.3) is 0 Å². The van der Waals surface area contributed by atoms with E-state index in [0.29, 0.717) is 19.8 Å². The van der Waals surface area contributed by atoms with E-state index in [2.05, 4.69) is 17.3 Å². The summed E-state index contributed by atoms with van der Waals surface area (Å²) >= 11 is 0. The van der Waals surface area contributed by atoms with E-state index in [-0.39, 0.29) is 18.2 Å². The van der Waals surface area contributed by atoms with Gasteiger partial charge in [-0.1, -0.05) is 0 Å². The number of aromatic nitrogens is 2. The largest absolute Gasteiger partial charge is 0.483 e. The molecular weight excluding hydrogens is 234 g/mol. The van der Waals surface area contributed by atoms with Crippen molar-refractivity contribution in [2.24, 2.45) is 7.05 Å². The van der Waals surface area contributed by atoms with Gasteiger partial charge in [0, 0.05) is 20.2 Å². The molecule has 3 atom stereocenters. The third-order valence-electron chi connectivity index (χ3n) is 2.91. The van der Waals surface area contributed by atoms with Crippen molar-refractivity contribution < 1.29 is 14.2 Å². The highest BCUT2D eigenvalue weighted by atomic mass is 16.5. The van der Waals surface area contributed by atoms with Gasteiger partial charge in [-0.3, -0.25) is 4.68 Å². The molecule has 1 fully saturated rings. The predicted molar refractivity (Wildman–Crippen MR) is 66.7 cm³/mol. The third kappa shape index (κ3) is 3.44. The van der Waals surface area contributed by atoms with Crippen molar-refractivity contribution >= 4 is 0 Å². The smallest absolute Gasteiger partial charge is 0.157 e. The van der Waals surface area contributed by atoms with Gasteiger partial charge in [-0.15, -0.1) is 0 Å². The van der Waals surface area contributed by atoms with Crippen molar-refractivity contribution in [1.29, 1.82) is 0 Å². The van der Waals surface area contributed by atoms with Gasteiger partial charge in [0.2, 0.25) is 0 Å². The van der Waals surface area contributed by atoms with Crippen LogP contribution in [0, 0.1) is 0 Å². The molecule has 1 aromatic rings. The van der Waals surface area contributed by atoms with Gasteiger partial charge >= 0.3 is 0 Å². The second-order valence-corrected chi connectivity index (χ2v) is 4.67. The Hall–Kier alpha value is -1.11. The zero-order chi connectivity index (χ0) is 13.0. The maximum atomic E-state index is 5.88. The lowest BCUT2D eigenvalue weighted by Gasteiger charge is -2.23. The number of rotatable bonds is 6. The Morgan fingerprint density at radius 1 is 1.61 bits per heavy atom. The zero-order valence-corrected chi connectivity index (χ0v) is 11.1. The minimum atomic E-state index is 0.0218. The summed E-state index contributed by atoms with van der Waals surface area (Å²) < 4.78 is 18.2. The van der Waals surface area contributed by atoms with E-state index >= 15 is 0 Å². The highest BCUT2D eigenvalue weighted by molar-refractivity contribution is 5.12. The molecule has 6 nitrogen and oxygen atoms in total. The van der Waals surface area contributed by atoms with Crippen molar-refractivity contribution in [3.05, 3.63) is 12.4 Å². The Labute approximate surface area is 107 Å². The molecule has 2 rings (SSSR count). The summed E-state index contributed by atoms with van der Waals surface area (Å²) in [5.74, 6) is 0.777. The van der Waals surface area contributed by atoms with Crippen molar-refractivity contribution in [3.8, 4) is 5.75 Å². The van der Waals surface area contributed by atoms with E-state index in [1.54, 1.807) is 18.0 Å². The highest BCUT2D eigenvalue weighted by Gasteiger charge is 2.31. The Kier molecular flexibility index (Phi) is 4.57. The van der Waals surface area contributed by atoms with E-state index < -0.39 is 0 Å². The highest BCUT2D eigenvalue weighted by Crippen LogP contribution is 2.16. The Morgan fingerprint density at radius 3 is 3.11 bits per heavy atom. The molecule has 102 valence electrons. The predicted octanol–water partition coefficient (Wildman–Crippen LogP) is 0.191. The first-order valence-electron chi connectivity index (χ1n) is 6.17. The summed E-state index contributed by atoms with van der Waals surface area (Å²) in [7, 11) is 3.57.